The van der Waals surface area contributed by atoms with Gasteiger partial charge in [-0.3, -0.25) is 4.79 Å². The Bertz CT molecular complexity index is 1710. The molecule has 1 aliphatic rings. The molecule has 6 heterocycles. The highest BCUT2D eigenvalue weighted by Gasteiger charge is 2.34. The zero-order valence-corrected chi connectivity index (χ0v) is 27.4. The Balaban J connectivity index is 1.19. The van der Waals surface area contributed by atoms with Gasteiger partial charge >= 0.3 is 0 Å². The number of H-pyrrole nitrogens is 1. The Morgan fingerprint density at radius 2 is 1.24 bits per heavy atom. The molecule has 5 aromatic heterocycles. The lowest BCUT2D eigenvalue weighted by Gasteiger charge is -1.97. The minimum atomic E-state index is -0.299. The van der Waals surface area contributed by atoms with Crippen molar-refractivity contribution in [2.75, 3.05) is 0 Å². The number of aromatic amines is 1. The second-order valence-electron chi connectivity index (χ2n) is 11.0. The molecule has 0 spiro atoms. The molecule has 1 amide bonds. The van der Waals surface area contributed by atoms with Crippen molar-refractivity contribution in [2.24, 2.45) is 4.99 Å². The molecule has 2 N–H and O–H groups in total. The molecule has 0 bridgehead atoms. The van der Waals surface area contributed by atoms with Crippen molar-refractivity contribution >= 4 is 57.0 Å². The number of hydrogen-bond donors (Lipinski definition) is 2. The monoisotopic (exact) mass is 632 g/mol. The van der Waals surface area contributed by atoms with Crippen molar-refractivity contribution < 1.29 is 9.90 Å². The number of aromatic nitrogens is 1. The van der Waals surface area contributed by atoms with E-state index in [2.05, 4.69) is 58.8 Å². The number of amides is 1. The average Bonchev–Trinajstić information content (AvgIpc) is 3.82. The van der Waals surface area contributed by atoms with Gasteiger partial charge in [0.05, 0.1) is 32.3 Å². The molecule has 42 heavy (non-hydrogen) atoms. The van der Waals surface area contributed by atoms with E-state index in [9.17, 15) is 9.90 Å². The molecule has 4 nitrogen and oxygen atoms in total. The quantitative estimate of drug-likeness (QED) is 0.120. The van der Waals surface area contributed by atoms with Crippen LogP contribution in [-0.2, 0) is 12.8 Å². The summed E-state index contributed by atoms with van der Waals surface area (Å²) in [5.41, 5.74) is 5.00. The minimum absolute atomic E-state index is 0.00507. The molecule has 0 radical (unpaired) electrons. The molecule has 218 valence electrons. The van der Waals surface area contributed by atoms with E-state index in [1.54, 1.807) is 45.3 Å². The third-order valence-corrected chi connectivity index (χ3v) is 12.3. The van der Waals surface area contributed by atoms with E-state index in [0.29, 0.717) is 22.5 Å². The van der Waals surface area contributed by atoms with E-state index in [-0.39, 0.29) is 11.8 Å². The van der Waals surface area contributed by atoms with Gasteiger partial charge in [0.2, 0.25) is 0 Å². The Kier molecular flexibility index (Phi) is 9.24. The largest absolute Gasteiger partial charge is 0.494 e. The molecule has 0 unspecified atom stereocenters. The van der Waals surface area contributed by atoms with Crippen LogP contribution < -0.4 is 0 Å². The second kappa shape index (κ2) is 13.2. The lowest BCUT2D eigenvalue weighted by molar-refractivity contribution is 0.101. The normalized spacial score (nSPS) is 12.8. The molecule has 6 rings (SSSR count). The van der Waals surface area contributed by atoms with Crippen LogP contribution in [0.1, 0.15) is 97.1 Å². The fourth-order valence-electron chi connectivity index (χ4n) is 5.49. The Morgan fingerprint density at radius 3 is 1.83 bits per heavy atom. The van der Waals surface area contributed by atoms with Crippen LogP contribution in [0.2, 0.25) is 0 Å². The summed E-state index contributed by atoms with van der Waals surface area (Å²) < 4.78 is 0. The number of carbonyl (C=O) groups excluding carboxylic acids is 1. The van der Waals surface area contributed by atoms with Crippen LogP contribution in [0.5, 0.6) is 5.88 Å². The van der Waals surface area contributed by atoms with Gasteiger partial charge in [0.15, 0.2) is 5.88 Å². The zero-order valence-electron chi connectivity index (χ0n) is 24.1. The highest BCUT2D eigenvalue weighted by molar-refractivity contribution is 7.23. The van der Waals surface area contributed by atoms with E-state index >= 15 is 0 Å². The predicted octanol–water partition coefficient (Wildman–Crippen LogP) is 11.2. The minimum Gasteiger partial charge on any atom is -0.494 e. The van der Waals surface area contributed by atoms with Crippen LogP contribution in [0.4, 0.5) is 0 Å². The van der Waals surface area contributed by atoms with Gasteiger partial charge in [-0.25, -0.2) is 4.99 Å². The number of thiophene rings is 4. The predicted molar refractivity (Wildman–Crippen MR) is 182 cm³/mol. The number of aliphatic imine (C=N–C) groups is 1. The van der Waals surface area contributed by atoms with Crippen LogP contribution in [0.15, 0.2) is 52.2 Å². The number of carbonyl (C=O) groups is 1. The first-order valence-electron chi connectivity index (χ1n) is 15.0. The first-order valence-corrected chi connectivity index (χ1v) is 18.4. The molecule has 0 saturated heterocycles. The molecule has 0 aliphatic carbocycles. The number of aromatic hydroxyl groups is 1. The maximum atomic E-state index is 13.2. The molecule has 0 fully saturated rings. The van der Waals surface area contributed by atoms with E-state index in [0.717, 1.165) is 27.5 Å². The summed E-state index contributed by atoms with van der Waals surface area (Å²) in [6, 6.07) is 12.9. The number of fused-ring (bicyclic) bond motifs is 1. The Morgan fingerprint density at radius 1 is 0.690 bits per heavy atom. The molecule has 0 atom stereocenters. The summed E-state index contributed by atoms with van der Waals surface area (Å²) in [4.78, 5) is 27.4. The van der Waals surface area contributed by atoms with Crippen LogP contribution in [-0.4, -0.2) is 21.7 Å². The number of nitrogens with one attached hydrogen (secondary N) is 1. The molecule has 0 aromatic carbocycles. The fourth-order valence-corrected chi connectivity index (χ4v) is 9.60. The van der Waals surface area contributed by atoms with Crippen molar-refractivity contribution in [2.45, 2.75) is 78.1 Å². The van der Waals surface area contributed by atoms with Gasteiger partial charge in [0, 0.05) is 19.5 Å². The lowest BCUT2D eigenvalue weighted by Crippen LogP contribution is -1.96. The first-order chi connectivity index (χ1) is 20.6. The SMILES string of the molecule is CCCCCCc1csc(-c2ccc(C3=NC(=O)c4c(-c5ccc(-c6cc(CCCCCC)cs6)s5)[nH]c(O)c43)s2)c1. The maximum absolute atomic E-state index is 13.2. The van der Waals surface area contributed by atoms with Crippen molar-refractivity contribution in [3.05, 3.63) is 74.3 Å². The number of rotatable bonds is 14. The molecular weight excluding hydrogens is 597 g/mol. The topological polar surface area (TPSA) is 65.5 Å². The van der Waals surface area contributed by atoms with Crippen LogP contribution >= 0.6 is 45.3 Å². The third kappa shape index (κ3) is 6.13. The lowest BCUT2D eigenvalue weighted by atomic mass is 10.1. The Hall–Kier alpha value is -2.78. The summed E-state index contributed by atoms with van der Waals surface area (Å²) >= 11 is 6.82. The molecule has 1 aliphatic heterocycles. The standard InChI is InChI=1S/C34H36N2O2S4/c1-3-5-7-9-11-21-17-27(39-19-21)23-13-15-25(41-23)31-29-30(34(38)35-31)32(36-33(29)37)26-16-14-24(42-26)28-18-22(20-40-28)12-10-8-6-4-2/h13-20,35,38H,3-12H2,1-2H3. The highest BCUT2D eigenvalue weighted by atomic mass is 32.1. The van der Waals surface area contributed by atoms with E-state index < -0.39 is 0 Å². The van der Waals surface area contributed by atoms with E-state index in [1.165, 1.54) is 77.1 Å². The van der Waals surface area contributed by atoms with Crippen LogP contribution in [0.3, 0.4) is 0 Å². The highest BCUT2D eigenvalue weighted by Crippen LogP contribution is 2.44. The molecule has 0 saturated carbocycles. The summed E-state index contributed by atoms with van der Waals surface area (Å²) in [6.07, 6.45) is 12.4. The van der Waals surface area contributed by atoms with Gasteiger partial charge in [-0.2, -0.15) is 0 Å². The number of nitrogens with zero attached hydrogens (tertiary/aromatic N) is 1. The maximum Gasteiger partial charge on any atom is 0.280 e. The Labute approximate surface area is 263 Å². The van der Waals surface area contributed by atoms with Gasteiger partial charge in [-0.05, 0) is 84.0 Å². The van der Waals surface area contributed by atoms with Gasteiger partial charge < -0.3 is 10.1 Å². The van der Waals surface area contributed by atoms with Crippen LogP contribution in [0, 0.1) is 0 Å². The van der Waals surface area contributed by atoms with E-state index in [1.807, 2.05) is 12.1 Å². The number of unbranched alkanes of at least 4 members (excludes halogenated alkanes) is 6. The smallest absolute Gasteiger partial charge is 0.280 e. The van der Waals surface area contributed by atoms with Crippen molar-refractivity contribution in [1.29, 1.82) is 0 Å². The fraction of sp³-hybridized carbons (Fsp3) is 0.353. The van der Waals surface area contributed by atoms with E-state index in [4.69, 9.17) is 0 Å². The van der Waals surface area contributed by atoms with Crippen molar-refractivity contribution in [3.63, 3.8) is 0 Å². The third-order valence-electron chi connectivity index (χ3n) is 7.77. The van der Waals surface area contributed by atoms with Gasteiger partial charge in [-0.15, -0.1) is 45.3 Å². The summed E-state index contributed by atoms with van der Waals surface area (Å²) in [5.74, 6) is -0.294. The molecule has 8 heteroatoms. The average molecular weight is 633 g/mol. The van der Waals surface area contributed by atoms with Gasteiger partial charge in [0.1, 0.15) is 0 Å². The summed E-state index contributed by atoms with van der Waals surface area (Å²) in [6.45, 7) is 4.48. The first kappa shape index (κ1) is 29.3. The summed E-state index contributed by atoms with van der Waals surface area (Å²) in [5, 5.41) is 15.5. The molecule has 5 aromatic rings. The van der Waals surface area contributed by atoms with Gasteiger partial charge in [0.25, 0.3) is 5.91 Å². The molecular formula is C34H36N2O2S4. The number of aryl methyl sites for hydroxylation is 2. The van der Waals surface area contributed by atoms with Crippen molar-refractivity contribution in [1.82, 2.24) is 4.98 Å². The summed E-state index contributed by atoms with van der Waals surface area (Å²) in [7, 11) is 0. The van der Waals surface area contributed by atoms with Gasteiger partial charge in [-0.1, -0.05) is 52.4 Å². The number of hydrogen-bond acceptors (Lipinski definition) is 6. The van der Waals surface area contributed by atoms with Crippen LogP contribution in [0.25, 0.3) is 30.1 Å². The van der Waals surface area contributed by atoms with Crippen molar-refractivity contribution in [3.8, 4) is 36.0 Å². The zero-order chi connectivity index (χ0) is 29.1. The second-order valence-corrected chi connectivity index (χ2v) is 14.9.